The summed E-state index contributed by atoms with van der Waals surface area (Å²) >= 11 is 2.19. The molecule has 1 N–H and O–H groups in total. The van der Waals surface area contributed by atoms with Crippen LogP contribution in [0, 0.1) is 3.57 Å². The number of aromatic nitrogens is 4. The van der Waals surface area contributed by atoms with Gasteiger partial charge >= 0.3 is 0 Å². The Morgan fingerprint density at radius 2 is 2.00 bits per heavy atom. The molecule has 0 aliphatic heterocycles. The van der Waals surface area contributed by atoms with E-state index in [1.165, 1.54) is 0 Å². The average Bonchev–Trinajstić information content (AvgIpc) is 3.32. The van der Waals surface area contributed by atoms with Crippen LogP contribution in [0.2, 0.25) is 0 Å². The van der Waals surface area contributed by atoms with E-state index in [0.717, 1.165) is 33.5 Å². The van der Waals surface area contributed by atoms with Crippen molar-refractivity contribution in [1.29, 1.82) is 0 Å². The van der Waals surface area contributed by atoms with Crippen molar-refractivity contribution < 1.29 is 4.79 Å². The number of nitrogens with one attached hydrogen (secondary N) is 1. The third-order valence-electron chi connectivity index (χ3n) is 3.85. The topological polar surface area (TPSA) is 72.7 Å². The minimum atomic E-state index is -0.132. The zero-order chi connectivity index (χ0) is 16.5. The van der Waals surface area contributed by atoms with E-state index in [0.29, 0.717) is 11.6 Å². The van der Waals surface area contributed by atoms with Crippen molar-refractivity contribution in [3.63, 3.8) is 0 Å². The van der Waals surface area contributed by atoms with Crippen LogP contribution in [0.1, 0.15) is 29.2 Å². The van der Waals surface area contributed by atoms with Crippen molar-refractivity contribution in [3.05, 3.63) is 57.7 Å². The highest BCUT2D eigenvalue weighted by Crippen LogP contribution is 2.36. The van der Waals surface area contributed by atoms with Crippen molar-refractivity contribution in [1.82, 2.24) is 20.2 Å². The molecule has 2 aromatic carbocycles. The van der Waals surface area contributed by atoms with Gasteiger partial charge in [-0.15, -0.1) is 5.10 Å². The molecule has 7 heteroatoms. The van der Waals surface area contributed by atoms with Crippen molar-refractivity contribution in [3.8, 4) is 11.4 Å². The molecule has 1 amide bonds. The first-order valence-electron chi connectivity index (χ1n) is 7.66. The van der Waals surface area contributed by atoms with Gasteiger partial charge in [-0.05, 0) is 76.2 Å². The molecule has 1 aliphatic rings. The fourth-order valence-corrected chi connectivity index (χ4v) is 3.06. The Bertz CT molecular complexity index is 903. The van der Waals surface area contributed by atoms with E-state index in [2.05, 4.69) is 43.4 Å². The first kappa shape index (κ1) is 15.3. The number of carbonyl (C=O) groups is 1. The van der Waals surface area contributed by atoms with Gasteiger partial charge < -0.3 is 5.32 Å². The van der Waals surface area contributed by atoms with Crippen LogP contribution in [-0.4, -0.2) is 26.1 Å². The molecule has 4 rings (SSSR count). The van der Waals surface area contributed by atoms with E-state index >= 15 is 0 Å². The number of amides is 1. The Morgan fingerprint density at radius 1 is 1.17 bits per heavy atom. The summed E-state index contributed by atoms with van der Waals surface area (Å²) in [7, 11) is 0. The molecule has 0 radical (unpaired) electrons. The number of carbonyl (C=O) groups excluding carboxylic acids is 1. The monoisotopic (exact) mass is 431 g/mol. The SMILES string of the molecule is O=C(Nc1cccc(-c2nnnn2C2CC2)c1)c1cccc(I)c1. The molecule has 0 unspecified atom stereocenters. The molecule has 120 valence electrons. The third-order valence-corrected chi connectivity index (χ3v) is 4.52. The number of tetrazole rings is 1. The quantitative estimate of drug-likeness (QED) is 0.642. The molecule has 1 aliphatic carbocycles. The summed E-state index contributed by atoms with van der Waals surface area (Å²) in [5.74, 6) is 0.607. The van der Waals surface area contributed by atoms with Gasteiger partial charge in [0, 0.05) is 20.4 Å². The lowest BCUT2D eigenvalue weighted by Gasteiger charge is -2.08. The van der Waals surface area contributed by atoms with Gasteiger partial charge in [-0.2, -0.15) is 0 Å². The lowest BCUT2D eigenvalue weighted by atomic mass is 10.1. The summed E-state index contributed by atoms with van der Waals surface area (Å²) in [6.45, 7) is 0. The second kappa shape index (κ2) is 6.31. The molecule has 0 bridgehead atoms. The van der Waals surface area contributed by atoms with Gasteiger partial charge in [-0.1, -0.05) is 18.2 Å². The highest BCUT2D eigenvalue weighted by molar-refractivity contribution is 14.1. The molecule has 1 aromatic heterocycles. The molecule has 6 nitrogen and oxygen atoms in total. The number of nitrogens with zero attached hydrogens (tertiary/aromatic N) is 4. The van der Waals surface area contributed by atoms with Gasteiger partial charge in [0.15, 0.2) is 5.82 Å². The minimum Gasteiger partial charge on any atom is -0.322 e. The number of benzene rings is 2. The standard InChI is InChI=1S/C17H14IN5O/c18-13-5-1-4-12(9-13)17(24)19-14-6-2-3-11(10-14)16-20-21-22-23(16)15-7-8-15/h1-6,9-10,15H,7-8H2,(H,19,24). The van der Waals surface area contributed by atoms with Gasteiger partial charge in [0.25, 0.3) is 5.91 Å². The van der Waals surface area contributed by atoms with Crippen LogP contribution >= 0.6 is 22.6 Å². The molecule has 1 fully saturated rings. The number of hydrogen-bond donors (Lipinski definition) is 1. The lowest BCUT2D eigenvalue weighted by Crippen LogP contribution is -2.12. The van der Waals surface area contributed by atoms with E-state index in [9.17, 15) is 4.79 Å². The molecule has 24 heavy (non-hydrogen) atoms. The fourth-order valence-electron chi connectivity index (χ4n) is 2.52. The van der Waals surface area contributed by atoms with Gasteiger partial charge in [0.05, 0.1) is 6.04 Å². The highest BCUT2D eigenvalue weighted by Gasteiger charge is 2.28. The van der Waals surface area contributed by atoms with E-state index in [1.807, 2.05) is 47.1 Å². The van der Waals surface area contributed by atoms with Crippen LogP contribution in [0.15, 0.2) is 48.5 Å². The Morgan fingerprint density at radius 3 is 2.79 bits per heavy atom. The Kier molecular flexibility index (Phi) is 4.01. The molecular weight excluding hydrogens is 417 g/mol. The number of rotatable bonds is 4. The second-order valence-electron chi connectivity index (χ2n) is 5.72. The van der Waals surface area contributed by atoms with Gasteiger partial charge in [0.1, 0.15) is 0 Å². The Hall–Kier alpha value is -2.29. The summed E-state index contributed by atoms with van der Waals surface area (Å²) in [5, 5.41) is 14.9. The predicted octanol–water partition coefficient (Wildman–Crippen LogP) is 3.53. The van der Waals surface area contributed by atoms with E-state index in [1.54, 1.807) is 6.07 Å². The van der Waals surface area contributed by atoms with Gasteiger partial charge in [0.2, 0.25) is 0 Å². The minimum absolute atomic E-state index is 0.132. The molecular formula is C17H14IN5O. The van der Waals surface area contributed by atoms with Crippen LogP contribution in [0.4, 0.5) is 5.69 Å². The lowest BCUT2D eigenvalue weighted by molar-refractivity contribution is 0.102. The maximum Gasteiger partial charge on any atom is 0.255 e. The fraction of sp³-hybridized carbons (Fsp3) is 0.176. The average molecular weight is 431 g/mol. The van der Waals surface area contributed by atoms with E-state index in [4.69, 9.17) is 0 Å². The normalized spacial score (nSPS) is 13.7. The van der Waals surface area contributed by atoms with E-state index < -0.39 is 0 Å². The number of hydrogen-bond acceptors (Lipinski definition) is 4. The summed E-state index contributed by atoms with van der Waals surface area (Å²) in [5.41, 5.74) is 2.25. The molecule has 1 saturated carbocycles. The van der Waals surface area contributed by atoms with E-state index in [-0.39, 0.29) is 5.91 Å². The molecule has 3 aromatic rings. The number of halogens is 1. The first-order valence-corrected chi connectivity index (χ1v) is 8.74. The maximum absolute atomic E-state index is 12.4. The summed E-state index contributed by atoms with van der Waals surface area (Å²) in [4.78, 5) is 12.4. The largest absolute Gasteiger partial charge is 0.322 e. The van der Waals surface area contributed by atoms with Crippen LogP contribution in [-0.2, 0) is 0 Å². The zero-order valence-electron chi connectivity index (χ0n) is 12.7. The molecule has 0 spiro atoms. The summed E-state index contributed by atoms with van der Waals surface area (Å²) in [6, 6.07) is 15.5. The Balaban J connectivity index is 1.58. The highest BCUT2D eigenvalue weighted by atomic mass is 127. The zero-order valence-corrected chi connectivity index (χ0v) is 14.8. The van der Waals surface area contributed by atoms with Gasteiger partial charge in [-0.25, -0.2) is 4.68 Å². The van der Waals surface area contributed by atoms with Crippen molar-refractivity contribution in [2.75, 3.05) is 5.32 Å². The Labute approximate surface area is 152 Å². The molecule has 1 heterocycles. The maximum atomic E-state index is 12.4. The summed E-state index contributed by atoms with van der Waals surface area (Å²) in [6.07, 6.45) is 2.22. The first-order chi connectivity index (χ1) is 11.7. The van der Waals surface area contributed by atoms with Crippen molar-refractivity contribution in [2.45, 2.75) is 18.9 Å². The van der Waals surface area contributed by atoms with Gasteiger partial charge in [-0.3, -0.25) is 4.79 Å². The van der Waals surface area contributed by atoms with Crippen LogP contribution < -0.4 is 5.32 Å². The molecule has 0 atom stereocenters. The van der Waals surface area contributed by atoms with Crippen molar-refractivity contribution >= 4 is 34.2 Å². The van der Waals surface area contributed by atoms with Crippen molar-refractivity contribution in [2.24, 2.45) is 0 Å². The molecule has 0 saturated heterocycles. The van der Waals surface area contributed by atoms with Crippen LogP contribution in [0.5, 0.6) is 0 Å². The summed E-state index contributed by atoms with van der Waals surface area (Å²) < 4.78 is 2.89. The van der Waals surface area contributed by atoms with Crippen LogP contribution in [0.25, 0.3) is 11.4 Å². The smallest absolute Gasteiger partial charge is 0.255 e. The van der Waals surface area contributed by atoms with Crippen LogP contribution in [0.3, 0.4) is 0 Å². The predicted molar refractivity (Wildman–Crippen MR) is 98.6 cm³/mol. The number of anilines is 1. The second-order valence-corrected chi connectivity index (χ2v) is 6.97. The third kappa shape index (κ3) is 3.16.